The molecule has 0 aromatic heterocycles. The minimum atomic E-state index is 0.520. The van der Waals surface area contributed by atoms with E-state index in [1.165, 1.54) is 12.3 Å². The van der Waals surface area contributed by atoms with Gasteiger partial charge in [0.05, 0.1) is 5.37 Å². The third-order valence-corrected chi connectivity index (χ3v) is 3.80. The minimum Gasteiger partial charge on any atom is -0.294 e. The van der Waals surface area contributed by atoms with Gasteiger partial charge >= 0.3 is 0 Å². The van der Waals surface area contributed by atoms with Gasteiger partial charge in [0, 0.05) is 12.3 Å². The van der Waals surface area contributed by atoms with E-state index in [2.05, 4.69) is 44.5 Å². The summed E-state index contributed by atoms with van der Waals surface area (Å²) in [4.78, 5) is 2.42. The van der Waals surface area contributed by atoms with E-state index in [9.17, 15) is 0 Å². The van der Waals surface area contributed by atoms with Crippen LogP contribution in [0.2, 0.25) is 0 Å². The van der Waals surface area contributed by atoms with E-state index in [-0.39, 0.29) is 0 Å². The van der Waals surface area contributed by atoms with Gasteiger partial charge in [-0.1, -0.05) is 13.8 Å². The molecule has 1 rings (SSSR count). The summed E-state index contributed by atoms with van der Waals surface area (Å²) in [7, 11) is 2.21. The van der Waals surface area contributed by atoms with Gasteiger partial charge in [-0.3, -0.25) is 4.90 Å². The monoisotopic (exact) mass is 159 g/mol. The molecule has 0 N–H and O–H groups in total. The molecule has 1 fully saturated rings. The summed E-state index contributed by atoms with van der Waals surface area (Å²) in [5.41, 5.74) is 0.520. The molecule has 1 aliphatic rings. The van der Waals surface area contributed by atoms with Crippen LogP contribution in [0, 0.1) is 5.41 Å². The lowest BCUT2D eigenvalue weighted by molar-refractivity contribution is 0.211. The maximum absolute atomic E-state index is 2.42. The van der Waals surface area contributed by atoms with Crippen LogP contribution in [0.3, 0.4) is 0 Å². The summed E-state index contributed by atoms with van der Waals surface area (Å²) >= 11 is 2.06. The molecule has 0 aromatic carbocycles. The van der Waals surface area contributed by atoms with Crippen molar-refractivity contribution in [2.24, 2.45) is 5.41 Å². The van der Waals surface area contributed by atoms with Crippen molar-refractivity contribution in [3.8, 4) is 0 Å². The molecule has 1 heterocycles. The lowest BCUT2D eigenvalue weighted by atomic mass is 9.95. The fraction of sp³-hybridized carbons (Fsp3) is 1.00. The number of nitrogens with zero attached hydrogens (tertiary/aromatic N) is 1. The molecule has 10 heavy (non-hydrogen) atoms. The second-order valence-corrected chi connectivity index (χ2v) is 5.29. The van der Waals surface area contributed by atoms with Crippen molar-refractivity contribution >= 4 is 11.8 Å². The van der Waals surface area contributed by atoms with E-state index in [4.69, 9.17) is 0 Å². The van der Waals surface area contributed by atoms with Crippen LogP contribution < -0.4 is 0 Å². The average Bonchev–Trinajstić information content (AvgIpc) is 1.79. The van der Waals surface area contributed by atoms with Crippen molar-refractivity contribution in [3.63, 3.8) is 0 Å². The minimum absolute atomic E-state index is 0.520. The smallest absolute Gasteiger partial charge is 0.0526 e. The average molecular weight is 159 g/mol. The topological polar surface area (TPSA) is 3.24 Å². The fourth-order valence-corrected chi connectivity index (χ4v) is 2.44. The molecule has 0 aromatic rings. The number of rotatable bonds is 0. The van der Waals surface area contributed by atoms with Crippen LogP contribution in [0.1, 0.15) is 20.8 Å². The largest absolute Gasteiger partial charge is 0.294 e. The lowest BCUT2D eigenvalue weighted by Crippen LogP contribution is -2.42. The van der Waals surface area contributed by atoms with Crippen molar-refractivity contribution in [2.45, 2.75) is 26.1 Å². The molecule has 0 saturated carbocycles. The van der Waals surface area contributed by atoms with Crippen molar-refractivity contribution in [3.05, 3.63) is 0 Å². The maximum Gasteiger partial charge on any atom is 0.0526 e. The second-order valence-electron chi connectivity index (χ2n) is 3.99. The molecule has 1 nitrogen and oxygen atoms in total. The van der Waals surface area contributed by atoms with Gasteiger partial charge in [-0.05, 0) is 19.4 Å². The molecule has 1 unspecified atom stereocenters. The molecule has 0 radical (unpaired) electrons. The highest BCUT2D eigenvalue weighted by Crippen LogP contribution is 2.32. The van der Waals surface area contributed by atoms with E-state index in [0.717, 1.165) is 0 Å². The SMILES string of the molecule is CC1SCC(C)(C)CN1C. The highest BCUT2D eigenvalue weighted by Gasteiger charge is 2.28. The van der Waals surface area contributed by atoms with E-state index in [1.807, 2.05) is 0 Å². The summed E-state index contributed by atoms with van der Waals surface area (Å²) in [5, 5.41) is 0.716. The normalized spacial score (nSPS) is 34.2. The standard InChI is InChI=1S/C8H17NS/c1-7-9(4)5-8(2,3)6-10-7/h7H,5-6H2,1-4H3. The van der Waals surface area contributed by atoms with Crippen LogP contribution >= 0.6 is 11.8 Å². The Morgan fingerprint density at radius 2 is 2.10 bits per heavy atom. The third kappa shape index (κ3) is 1.89. The fourth-order valence-electron chi connectivity index (χ4n) is 1.32. The molecule has 0 aliphatic carbocycles. The molecule has 1 saturated heterocycles. The van der Waals surface area contributed by atoms with Crippen LogP contribution in [-0.2, 0) is 0 Å². The van der Waals surface area contributed by atoms with Gasteiger partial charge in [-0.25, -0.2) is 0 Å². The van der Waals surface area contributed by atoms with Crippen molar-refractivity contribution in [1.82, 2.24) is 4.90 Å². The van der Waals surface area contributed by atoms with Crippen LogP contribution in [0.15, 0.2) is 0 Å². The summed E-state index contributed by atoms with van der Waals surface area (Å²) in [6.07, 6.45) is 0. The van der Waals surface area contributed by atoms with Gasteiger partial charge < -0.3 is 0 Å². The zero-order chi connectivity index (χ0) is 7.78. The predicted octanol–water partition coefficient (Wildman–Crippen LogP) is 2.04. The van der Waals surface area contributed by atoms with Gasteiger partial charge in [0.1, 0.15) is 0 Å². The Bertz CT molecular complexity index is 122. The Balaban J connectivity index is 2.49. The summed E-state index contributed by atoms with van der Waals surface area (Å²) in [5.74, 6) is 1.30. The Morgan fingerprint density at radius 1 is 1.50 bits per heavy atom. The first-order valence-corrected chi connectivity index (χ1v) is 4.88. The maximum atomic E-state index is 2.42. The summed E-state index contributed by atoms with van der Waals surface area (Å²) in [6.45, 7) is 8.19. The van der Waals surface area contributed by atoms with Gasteiger partial charge in [0.15, 0.2) is 0 Å². The van der Waals surface area contributed by atoms with Crippen LogP contribution in [0.25, 0.3) is 0 Å². The van der Waals surface area contributed by atoms with E-state index in [1.54, 1.807) is 0 Å². The van der Waals surface area contributed by atoms with Crippen molar-refractivity contribution in [1.29, 1.82) is 0 Å². The first kappa shape index (κ1) is 8.41. The Labute approximate surface area is 68.2 Å². The van der Waals surface area contributed by atoms with E-state index >= 15 is 0 Å². The molecule has 1 aliphatic heterocycles. The zero-order valence-electron chi connectivity index (χ0n) is 7.35. The Hall–Kier alpha value is 0.310. The Kier molecular flexibility index (Phi) is 2.31. The van der Waals surface area contributed by atoms with Gasteiger partial charge in [-0.2, -0.15) is 0 Å². The highest BCUT2D eigenvalue weighted by molar-refractivity contribution is 7.99. The highest BCUT2D eigenvalue weighted by atomic mass is 32.2. The molecule has 0 spiro atoms. The number of thioether (sulfide) groups is 1. The third-order valence-electron chi connectivity index (χ3n) is 2.01. The Morgan fingerprint density at radius 3 is 2.50 bits per heavy atom. The molecule has 60 valence electrons. The van der Waals surface area contributed by atoms with Crippen LogP contribution in [0.4, 0.5) is 0 Å². The number of hydrogen-bond acceptors (Lipinski definition) is 2. The van der Waals surface area contributed by atoms with Gasteiger partial charge in [-0.15, -0.1) is 11.8 Å². The second kappa shape index (κ2) is 2.74. The van der Waals surface area contributed by atoms with Crippen molar-refractivity contribution in [2.75, 3.05) is 19.3 Å². The van der Waals surface area contributed by atoms with Gasteiger partial charge in [0.2, 0.25) is 0 Å². The molecule has 1 atom stereocenters. The predicted molar refractivity (Wildman–Crippen MR) is 48.3 cm³/mol. The molecule has 2 heteroatoms. The van der Waals surface area contributed by atoms with Crippen molar-refractivity contribution < 1.29 is 0 Å². The first-order chi connectivity index (χ1) is 4.51. The number of hydrogen-bond donors (Lipinski definition) is 0. The zero-order valence-corrected chi connectivity index (χ0v) is 8.16. The van der Waals surface area contributed by atoms with Gasteiger partial charge in [0.25, 0.3) is 0 Å². The summed E-state index contributed by atoms with van der Waals surface area (Å²) in [6, 6.07) is 0. The molecule has 0 amide bonds. The molecular formula is C8H17NS. The quantitative estimate of drug-likeness (QED) is 0.532. The summed E-state index contributed by atoms with van der Waals surface area (Å²) < 4.78 is 0. The van der Waals surface area contributed by atoms with E-state index in [0.29, 0.717) is 10.8 Å². The lowest BCUT2D eigenvalue weighted by Gasteiger charge is -2.39. The first-order valence-electron chi connectivity index (χ1n) is 3.83. The van der Waals surface area contributed by atoms with Crippen LogP contribution in [-0.4, -0.2) is 29.6 Å². The molecule has 0 bridgehead atoms. The van der Waals surface area contributed by atoms with E-state index < -0.39 is 0 Å². The van der Waals surface area contributed by atoms with Crippen LogP contribution in [0.5, 0.6) is 0 Å². The molecular weight excluding hydrogens is 142 g/mol.